The summed E-state index contributed by atoms with van der Waals surface area (Å²) in [5.41, 5.74) is 1.82. The number of benzene rings is 1. The summed E-state index contributed by atoms with van der Waals surface area (Å²) in [6, 6.07) is 15.9. The summed E-state index contributed by atoms with van der Waals surface area (Å²) in [5, 5.41) is 3.98. The van der Waals surface area contributed by atoms with Crippen LogP contribution in [0.25, 0.3) is 11.5 Å². The third kappa shape index (κ3) is 4.44. The number of hydrogen-bond acceptors (Lipinski definition) is 5. The van der Waals surface area contributed by atoms with Gasteiger partial charge in [-0.05, 0) is 43.4 Å². The number of hydrogen-bond donors (Lipinski definition) is 0. The van der Waals surface area contributed by atoms with Gasteiger partial charge in [-0.25, -0.2) is 0 Å². The van der Waals surface area contributed by atoms with Gasteiger partial charge in [0.25, 0.3) is 0 Å². The summed E-state index contributed by atoms with van der Waals surface area (Å²) in [6.45, 7) is 2.80. The molecule has 2 heterocycles. The van der Waals surface area contributed by atoms with Crippen molar-refractivity contribution in [2.45, 2.75) is 45.2 Å². The molecule has 1 aromatic carbocycles. The Hall–Kier alpha value is -3.02. The van der Waals surface area contributed by atoms with Crippen molar-refractivity contribution in [2.24, 2.45) is 5.92 Å². The first kappa shape index (κ1) is 18.3. The molecular weight excluding hydrogens is 352 g/mol. The second-order valence-corrected chi connectivity index (χ2v) is 7.31. The zero-order chi connectivity index (χ0) is 19.3. The fraction of sp³-hybridized carbons (Fsp3) is 0.364. The highest BCUT2D eigenvalue weighted by Gasteiger charge is 2.34. The molecule has 0 radical (unpaired) electrons. The van der Waals surface area contributed by atoms with Crippen LogP contribution in [0.15, 0.2) is 59.3 Å². The minimum Gasteiger partial charge on any atom is -0.339 e. The van der Waals surface area contributed by atoms with E-state index in [1.807, 2.05) is 41.3 Å². The number of rotatable bonds is 8. The Labute approximate surface area is 164 Å². The van der Waals surface area contributed by atoms with E-state index in [0.29, 0.717) is 42.7 Å². The summed E-state index contributed by atoms with van der Waals surface area (Å²) in [4.78, 5) is 23.6. The molecule has 6 nitrogen and oxygen atoms in total. The maximum atomic E-state index is 13.0. The van der Waals surface area contributed by atoms with Gasteiger partial charge in [-0.3, -0.25) is 9.78 Å². The molecule has 0 N–H and O–H groups in total. The molecule has 144 valence electrons. The molecule has 1 aliphatic rings. The van der Waals surface area contributed by atoms with Crippen LogP contribution in [-0.4, -0.2) is 32.0 Å². The smallest absolute Gasteiger partial charge is 0.227 e. The monoisotopic (exact) mass is 376 g/mol. The minimum absolute atomic E-state index is 0.126. The normalized spacial score (nSPS) is 14.6. The van der Waals surface area contributed by atoms with Gasteiger partial charge in [0, 0.05) is 31.6 Å². The van der Waals surface area contributed by atoms with Crippen molar-refractivity contribution in [1.29, 1.82) is 0 Å². The molecule has 0 bridgehead atoms. The molecule has 6 heteroatoms. The molecule has 0 saturated heterocycles. The van der Waals surface area contributed by atoms with Gasteiger partial charge in [-0.2, -0.15) is 4.98 Å². The minimum atomic E-state index is 0.126. The van der Waals surface area contributed by atoms with Crippen LogP contribution < -0.4 is 0 Å². The van der Waals surface area contributed by atoms with E-state index >= 15 is 0 Å². The molecular formula is C22H24N4O2. The average Bonchev–Trinajstić information content (AvgIpc) is 3.49. The number of carbonyl (C=O) groups is 1. The van der Waals surface area contributed by atoms with Crippen molar-refractivity contribution in [3.8, 4) is 11.5 Å². The second-order valence-electron chi connectivity index (χ2n) is 7.31. The van der Waals surface area contributed by atoms with E-state index in [-0.39, 0.29) is 11.9 Å². The number of amides is 1. The number of pyridine rings is 1. The fourth-order valence-corrected chi connectivity index (χ4v) is 3.39. The lowest BCUT2D eigenvalue weighted by Crippen LogP contribution is -2.39. The molecule has 1 saturated carbocycles. The van der Waals surface area contributed by atoms with Crippen LogP contribution in [-0.2, 0) is 17.8 Å². The second kappa shape index (κ2) is 8.33. The van der Waals surface area contributed by atoms with Crippen LogP contribution in [0.3, 0.4) is 0 Å². The first-order chi connectivity index (χ1) is 13.7. The zero-order valence-corrected chi connectivity index (χ0v) is 16.0. The van der Waals surface area contributed by atoms with Crippen molar-refractivity contribution in [3.05, 3.63) is 66.2 Å². The Morgan fingerprint density at radius 2 is 1.96 bits per heavy atom. The zero-order valence-electron chi connectivity index (χ0n) is 16.0. The van der Waals surface area contributed by atoms with Crippen LogP contribution in [0.5, 0.6) is 0 Å². The Bertz CT molecular complexity index is 907. The van der Waals surface area contributed by atoms with E-state index < -0.39 is 0 Å². The predicted molar refractivity (Wildman–Crippen MR) is 105 cm³/mol. The lowest BCUT2D eigenvalue weighted by atomic mass is 10.1. The van der Waals surface area contributed by atoms with Gasteiger partial charge in [0.05, 0.1) is 0 Å². The van der Waals surface area contributed by atoms with Crippen molar-refractivity contribution in [1.82, 2.24) is 20.0 Å². The number of aryl methyl sites for hydroxylation is 1. The highest BCUT2D eigenvalue weighted by Crippen LogP contribution is 2.36. The summed E-state index contributed by atoms with van der Waals surface area (Å²) in [5.74, 6) is 1.66. The van der Waals surface area contributed by atoms with Gasteiger partial charge in [0.15, 0.2) is 0 Å². The van der Waals surface area contributed by atoms with E-state index in [2.05, 4.69) is 34.2 Å². The first-order valence-corrected chi connectivity index (χ1v) is 9.78. The summed E-state index contributed by atoms with van der Waals surface area (Å²) in [7, 11) is 0. The predicted octanol–water partition coefficient (Wildman–Crippen LogP) is 3.89. The molecule has 1 atom stereocenters. The maximum Gasteiger partial charge on any atom is 0.227 e. The summed E-state index contributed by atoms with van der Waals surface area (Å²) < 4.78 is 5.32. The van der Waals surface area contributed by atoms with E-state index in [1.165, 1.54) is 12.8 Å². The molecule has 28 heavy (non-hydrogen) atoms. The average molecular weight is 376 g/mol. The van der Waals surface area contributed by atoms with Crippen LogP contribution in [0.4, 0.5) is 0 Å². The Morgan fingerprint density at radius 1 is 1.18 bits per heavy atom. The summed E-state index contributed by atoms with van der Waals surface area (Å²) >= 11 is 0. The first-order valence-electron chi connectivity index (χ1n) is 9.78. The number of aromatic nitrogens is 3. The highest BCUT2D eigenvalue weighted by molar-refractivity contribution is 5.76. The Balaban J connectivity index is 1.41. The van der Waals surface area contributed by atoms with Crippen molar-refractivity contribution < 1.29 is 9.32 Å². The lowest BCUT2D eigenvalue weighted by molar-refractivity contribution is -0.134. The number of nitrogens with zero attached hydrogens (tertiary/aromatic N) is 4. The Kier molecular flexibility index (Phi) is 5.46. The van der Waals surface area contributed by atoms with Gasteiger partial charge in [0.1, 0.15) is 5.69 Å². The standard InChI is InChI=1S/C22H24N4O2/c1-16(18-10-11-18)26(15-17-7-3-2-4-8-17)21(27)13-12-20-24-22(25-28-20)19-9-5-6-14-23-19/h2-9,14,16,18H,10-13,15H2,1H3. The van der Waals surface area contributed by atoms with E-state index in [9.17, 15) is 4.79 Å². The van der Waals surface area contributed by atoms with Crippen molar-refractivity contribution in [2.75, 3.05) is 0 Å². The molecule has 1 fully saturated rings. The van der Waals surface area contributed by atoms with Crippen molar-refractivity contribution >= 4 is 5.91 Å². The van der Waals surface area contributed by atoms with Crippen LogP contribution in [0.1, 0.15) is 37.6 Å². The molecule has 1 unspecified atom stereocenters. The quantitative estimate of drug-likeness (QED) is 0.596. The van der Waals surface area contributed by atoms with Gasteiger partial charge >= 0.3 is 0 Å². The summed E-state index contributed by atoms with van der Waals surface area (Å²) in [6.07, 6.45) is 4.89. The van der Waals surface area contributed by atoms with Gasteiger partial charge in [-0.15, -0.1) is 0 Å². The maximum absolute atomic E-state index is 13.0. The molecule has 1 aliphatic carbocycles. The molecule has 0 aliphatic heterocycles. The highest BCUT2D eigenvalue weighted by atomic mass is 16.5. The van der Waals surface area contributed by atoms with Gasteiger partial charge in [0.2, 0.25) is 17.6 Å². The van der Waals surface area contributed by atoms with Crippen LogP contribution in [0.2, 0.25) is 0 Å². The molecule has 0 spiro atoms. The third-order valence-corrected chi connectivity index (χ3v) is 5.23. The third-order valence-electron chi connectivity index (χ3n) is 5.23. The topological polar surface area (TPSA) is 72.1 Å². The van der Waals surface area contributed by atoms with E-state index in [1.54, 1.807) is 6.20 Å². The number of carbonyl (C=O) groups excluding carboxylic acids is 1. The Morgan fingerprint density at radius 3 is 2.68 bits per heavy atom. The van der Waals surface area contributed by atoms with Gasteiger partial charge in [-0.1, -0.05) is 41.6 Å². The lowest BCUT2D eigenvalue weighted by Gasteiger charge is -2.29. The van der Waals surface area contributed by atoms with Gasteiger partial charge < -0.3 is 9.42 Å². The van der Waals surface area contributed by atoms with Crippen LogP contribution in [0, 0.1) is 5.92 Å². The van der Waals surface area contributed by atoms with E-state index in [4.69, 9.17) is 4.52 Å². The van der Waals surface area contributed by atoms with Crippen molar-refractivity contribution in [3.63, 3.8) is 0 Å². The largest absolute Gasteiger partial charge is 0.339 e. The molecule has 1 amide bonds. The van der Waals surface area contributed by atoms with Crippen LogP contribution >= 0.6 is 0 Å². The SMILES string of the molecule is CC(C1CC1)N(Cc1ccccc1)C(=O)CCc1nc(-c2ccccn2)no1. The molecule has 3 aromatic rings. The molecule has 4 rings (SSSR count). The van der Waals surface area contributed by atoms with E-state index in [0.717, 1.165) is 5.56 Å². The molecule has 2 aromatic heterocycles. The fourth-order valence-electron chi connectivity index (χ4n) is 3.39.